The van der Waals surface area contributed by atoms with Crippen LogP contribution in [0.1, 0.15) is 24.8 Å². The highest BCUT2D eigenvalue weighted by Crippen LogP contribution is 2.30. The lowest BCUT2D eigenvalue weighted by Crippen LogP contribution is -2.07. The van der Waals surface area contributed by atoms with Crippen molar-refractivity contribution in [1.29, 1.82) is 0 Å². The van der Waals surface area contributed by atoms with Crippen LogP contribution in [0.15, 0.2) is 18.2 Å². The van der Waals surface area contributed by atoms with Crippen LogP contribution < -0.4 is 0 Å². The zero-order valence-corrected chi connectivity index (χ0v) is 9.12. The Hall–Kier alpha value is -0.340. The van der Waals surface area contributed by atoms with Gasteiger partial charge in [-0.05, 0) is 30.2 Å². The summed E-state index contributed by atoms with van der Waals surface area (Å²) in [5, 5.41) is 0.790. The van der Waals surface area contributed by atoms with Gasteiger partial charge < -0.3 is 0 Å². The van der Waals surface area contributed by atoms with E-state index in [0.717, 1.165) is 0 Å². The molecule has 78 valence electrons. The van der Waals surface area contributed by atoms with Gasteiger partial charge in [-0.1, -0.05) is 30.1 Å². The predicted octanol–water partition coefficient (Wildman–Crippen LogP) is 4.75. The van der Waals surface area contributed by atoms with Crippen molar-refractivity contribution >= 4 is 23.2 Å². The third kappa shape index (κ3) is 2.82. The van der Waals surface area contributed by atoms with E-state index in [0.29, 0.717) is 22.0 Å². The molecule has 0 saturated carbocycles. The molecule has 0 saturated heterocycles. The Bertz CT molecular complexity index is 293. The lowest BCUT2D eigenvalue weighted by molar-refractivity contribution is 0.112. The van der Waals surface area contributed by atoms with Crippen molar-refractivity contribution in [3.8, 4) is 0 Å². The molecular weight excluding hydrogens is 229 g/mol. The summed E-state index contributed by atoms with van der Waals surface area (Å²) in [6.45, 7) is 1.71. The molecule has 1 aromatic carbocycles. The first-order valence-corrected chi connectivity index (χ1v) is 5.04. The summed E-state index contributed by atoms with van der Waals surface area (Å²) in [4.78, 5) is 0. The van der Waals surface area contributed by atoms with Gasteiger partial charge in [0.2, 0.25) is 6.43 Å². The second-order valence-electron chi connectivity index (χ2n) is 3.05. The van der Waals surface area contributed by atoms with Gasteiger partial charge in [0.05, 0.1) is 0 Å². The summed E-state index contributed by atoms with van der Waals surface area (Å²) >= 11 is 11.5. The maximum absolute atomic E-state index is 12.6. The first-order valence-electron chi connectivity index (χ1n) is 4.28. The Morgan fingerprint density at radius 1 is 1.14 bits per heavy atom. The standard InChI is InChI=1S/C10H10Cl2F2/c1-2-9(10(13)14)6-3-7(11)5-8(12)4-6/h3-5,9-10H,2H2,1H3/t9-/m0/s1. The van der Waals surface area contributed by atoms with Crippen LogP contribution >= 0.6 is 23.2 Å². The minimum atomic E-state index is -2.38. The number of alkyl halides is 2. The summed E-state index contributed by atoms with van der Waals surface area (Å²) in [6, 6.07) is 4.60. The third-order valence-corrected chi connectivity index (χ3v) is 2.49. The van der Waals surface area contributed by atoms with Gasteiger partial charge in [0.1, 0.15) is 0 Å². The predicted molar refractivity (Wildman–Crippen MR) is 55.5 cm³/mol. The molecule has 1 aromatic rings. The molecule has 0 fully saturated rings. The molecule has 4 heteroatoms. The van der Waals surface area contributed by atoms with Gasteiger partial charge in [-0.2, -0.15) is 0 Å². The van der Waals surface area contributed by atoms with E-state index in [-0.39, 0.29) is 0 Å². The van der Waals surface area contributed by atoms with Gasteiger partial charge in [-0.15, -0.1) is 0 Å². The van der Waals surface area contributed by atoms with Crippen LogP contribution in [0, 0.1) is 0 Å². The van der Waals surface area contributed by atoms with Gasteiger partial charge in [0, 0.05) is 16.0 Å². The van der Waals surface area contributed by atoms with E-state index in [9.17, 15) is 8.78 Å². The number of halogens is 4. The average Bonchev–Trinajstić information content (AvgIpc) is 2.02. The summed E-state index contributed by atoms with van der Waals surface area (Å²) in [7, 11) is 0. The summed E-state index contributed by atoms with van der Waals surface area (Å²) in [6.07, 6.45) is -2.01. The highest BCUT2D eigenvalue weighted by molar-refractivity contribution is 6.34. The van der Waals surface area contributed by atoms with Crippen LogP contribution in [0.2, 0.25) is 10.0 Å². The highest BCUT2D eigenvalue weighted by Gasteiger charge is 2.20. The van der Waals surface area contributed by atoms with E-state index in [1.165, 1.54) is 18.2 Å². The minimum Gasteiger partial charge on any atom is -0.210 e. The lowest BCUT2D eigenvalue weighted by atomic mass is 9.97. The van der Waals surface area contributed by atoms with Crippen LogP contribution in [0.3, 0.4) is 0 Å². The fourth-order valence-electron chi connectivity index (χ4n) is 1.35. The second-order valence-corrected chi connectivity index (χ2v) is 3.92. The quantitative estimate of drug-likeness (QED) is 0.713. The Kier molecular flexibility index (Phi) is 4.14. The second kappa shape index (κ2) is 4.94. The van der Waals surface area contributed by atoms with Crippen LogP contribution in [0.25, 0.3) is 0 Å². The van der Waals surface area contributed by atoms with Crippen molar-refractivity contribution in [3.05, 3.63) is 33.8 Å². The molecule has 0 aliphatic carbocycles. The first kappa shape index (κ1) is 11.7. The smallest absolute Gasteiger partial charge is 0.210 e. The van der Waals surface area contributed by atoms with E-state index >= 15 is 0 Å². The molecule has 0 heterocycles. The Morgan fingerprint density at radius 2 is 1.64 bits per heavy atom. The van der Waals surface area contributed by atoms with E-state index in [2.05, 4.69) is 0 Å². The molecule has 0 aliphatic rings. The Labute approximate surface area is 91.8 Å². The number of hydrogen-bond acceptors (Lipinski definition) is 0. The Balaban J connectivity index is 3.04. The van der Waals surface area contributed by atoms with Crippen molar-refractivity contribution in [3.63, 3.8) is 0 Å². The van der Waals surface area contributed by atoms with Gasteiger partial charge in [-0.3, -0.25) is 0 Å². The molecule has 0 aromatic heterocycles. The molecule has 0 spiro atoms. The van der Waals surface area contributed by atoms with Gasteiger partial charge in [0.25, 0.3) is 0 Å². The van der Waals surface area contributed by atoms with Crippen LogP contribution in [-0.4, -0.2) is 6.43 Å². The SMILES string of the molecule is CC[C@@H](c1cc(Cl)cc(Cl)c1)C(F)F. The molecule has 1 rings (SSSR count). The molecule has 0 aliphatic heterocycles. The first-order chi connectivity index (χ1) is 6.54. The van der Waals surface area contributed by atoms with Crippen molar-refractivity contribution in [2.45, 2.75) is 25.7 Å². The monoisotopic (exact) mass is 238 g/mol. The average molecular weight is 239 g/mol. The minimum absolute atomic E-state index is 0.369. The normalized spacial score (nSPS) is 13.3. The molecule has 14 heavy (non-hydrogen) atoms. The fraction of sp³-hybridized carbons (Fsp3) is 0.400. The Morgan fingerprint density at radius 3 is 2.00 bits per heavy atom. The van der Waals surface area contributed by atoms with Crippen molar-refractivity contribution in [2.75, 3.05) is 0 Å². The molecule has 0 amide bonds. The number of hydrogen-bond donors (Lipinski definition) is 0. The van der Waals surface area contributed by atoms with E-state index in [1.54, 1.807) is 6.92 Å². The maximum atomic E-state index is 12.6. The van der Waals surface area contributed by atoms with Crippen molar-refractivity contribution in [1.82, 2.24) is 0 Å². The van der Waals surface area contributed by atoms with Crippen LogP contribution in [0.5, 0.6) is 0 Å². The molecule has 0 nitrogen and oxygen atoms in total. The lowest BCUT2D eigenvalue weighted by Gasteiger charge is -2.14. The van der Waals surface area contributed by atoms with Gasteiger partial charge in [-0.25, -0.2) is 8.78 Å². The molecular formula is C10H10Cl2F2. The zero-order valence-electron chi connectivity index (χ0n) is 7.61. The topological polar surface area (TPSA) is 0 Å². The number of benzene rings is 1. The molecule has 1 atom stereocenters. The van der Waals surface area contributed by atoms with Crippen molar-refractivity contribution in [2.24, 2.45) is 0 Å². The maximum Gasteiger partial charge on any atom is 0.245 e. The van der Waals surface area contributed by atoms with E-state index < -0.39 is 12.3 Å². The van der Waals surface area contributed by atoms with E-state index in [4.69, 9.17) is 23.2 Å². The summed E-state index contributed by atoms with van der Waals surface area (Å²) in [5.41, 5.74) is 0.500. The van der Waals surface area contributed by atoms with Crippen molar-refractivity contribution < 1.29 is 8.78 Å². The largest absolute Gasteiger partial charge is 0.245 e. The van der Waals surface area contributed by atoms with Gasteiger partial charge >= 0.3 is 0 Å². The molecule has 0 bridgehead atoms. The third-order valence-electron chi connectivity index (χ3n) is 2.06. The van der Waals surface area contributed by atoms with Gasteiger partial charge in [0.15, 0.2) is 0 Å². The van der Waals surface area contributed by atoms with Crippen LogP contribution in [-0.2, 0) is 0 Å². The van der Waals surface area contributed by atoms with E-state index in [1.807, 2.05) is 0 Å². The highest BCUT2D eigenvalue weighted by atomic mass is 35.5. The molecule has 0 N–H and O–H groups in total. The fourth-order valence-corrected chi connectivity index (χ4v) is 1.89. The molecule has 0 radical (unpaired) electrons. The number of rotatable bonds is 3. The van der Waals surface area contributed by atoms with Crippen LogP contribution in [0.4, 0.5) is 8.78 Å². The summed E-state index contributed by atoms with van der Waals surface area (Å²) < 4.78 is 25.1. The summed E-state index contributed by atoms with van der Waals surface area (Å²) in [5.74, 6) is -0.786. The molecule has 0 unspecified atom stereocenters. The zero-order chi connectivity index (χ0) is 10.7.